The SMILES string of the molecule is C=CCOc1ccc(C2CC(=O)N(c3ccccc3C)C3=C2C(=O)CC(C)(C)C3)cc1. The van der Waals surface area contributed by atoms with Gasteiger partial charge in [-0.05, 0) is 48.1 Å². The number of para-hydroxylation sites is 1. The summed E-state index contributed by atoms with van der Waals surface area (Å²) >= 11 is 0. The van der Waals surface area contributed by atoms with Crippen molar-refractivity contribution in [2.75, 3.05) is 11.5 Å². The van der Waals surface area contributed by atoms with Crippen LogP contribution in [0.2, 0.25) is 0 Å². The molecule has 2 aromatic carbocycles. The Balaban J connectivity index is 1.81. The number of ether oxygens (including phenoxy) is 1. The third kappa shape index (κ3) is 4.07. The van der Waals surface area contributed by atoms with Crippen LogP contribution in [0.3, 0.4) is 0 Å². The highest BCUT2D eigenvalue weighted by molar-refractivity contribution is 6.08. The molecule has 31 heavy (non-hydrogen) atoms. The summed E-state index contributed by atoms with van der Waals surface area (Å²) < 4.78 is 5.59. The van der Waals surface area contributed by atoms with E-state index >= 15 is 0 Å². The van der Waals surface area contributed by atoms with Crippen molar-refractivity contribution < 1.29 is 14.3 Å². The van der Waals surface area contributed by atoms with Gasteiger partial charge in [-0.3, -0.25) is 14.5 Å². The topological polar surface area (TPSA) is 46.6 Å². The zero-order valence-corrected chi connectivity index (χ0v) is 18.5. The molecule has 0 spiro atoms. The summed E-state index contributed by atoms with van der Waals surface area (Å²) in [5.74, 6) is 0.710. The summed E-state index contributed by atoms with van der Waals surface area (Å²) in [4.78, 5) is 28.6. The Kier molecular flexibility index (Phi) is 5.57. The van der Waals surface area contributed by atoms with Gasteiger partial charge in [-0.25, -0.2) is 0 Å². The predicted molar refractivity (Wildman–Crippen MR) is 123 cm³/mol. The largest absolute Gasteiger partial charge is 0.490 e. The summed E-state index contributed by atoms with van der Waals surface area (Å²) in [5, 5.41) is 0. The summed E-state index contributed by atoms with van der Waals surface area (Å²) in [6.07, 6.45) is 3.18. The molecule has 4 nitrogen and oxygen atoms in total. The molecule has 4 heteroatoms. The number of carbonyl (C=O) groups excluding carboxylic acids is 2. The van der Waals surface area contributed by atoms with Crippen LogP contribution in [-0.4, -0.2) is 18.3 Å². The number of benzene rings is 2. The second-order valence-corrected chi connectivity index (χ2v) is 9.24. The highest BCUT2D eigenvalue weighted by atomic mass is 16.5. The number of hydrogen-bond acceptors (Lipinski definition) is 3. The van der Waals surface area contributed by atoms with Crippen LogP contribution in [0.1, 0.15) is 50.2 Å². The monoisotopic (exact) mass is 415 g/mol. The van der Waals surface area contributed by atoms with Crippen molar-refractivity contribution in [1.29, 1.82) is 0 Å². The van der Waals surface area contributed by atoms with Gasteiger partial charge < -0.3 is 4.74 Å². The van der Waals surface area contributed by atoms with Crippen molar-refractivity contribution in [3.05, 3.63) is 83.6 Å². The third-order valence-electron chi connectivity index (χ3n) is 6.15. The van der Waals surface area contributed by atoms with Gasteiger partial charge in [0.05, 0.1) is 5.69 Å². The van der Waals surface area contributed by atoms with E-state index in [4.69, 9.17) is 4.74 Å². The maximum Gasteiger partial charge on any atom is 0.232 e. The van der Waals surface area contributed by atoms with Crippen LogP contribution in [0.15, 0.2) is 72.5 Å². The van der Waals surface area contributed by atoms with Crippen LogP contribution >= 0.6 is 0 Å². The minimum atomic E-state index is -0.222. The smallest absolute Gasteiger partial charge is 0.232 e. The molecule has 1 aliphatic heterocycles. The number of Topliss-reactive ketones (excluding diaryl/α,β-unsaturated/α-hetero) is 1. The van der Waals surface area contributed by atoms with E-state index in [2.05, 4.69) is 20.4 Å². The van der Waals surface area contributed by atoms with E-state index < -0.39 is 0 Å². The molecular weight excluding hydrogens is 386 g/mol. The Morgan fingerprint density at radius 3 is 2.48 bits per heavy atom. The van der Waals surface area contributed by atoms with Crippen molar-refractivity contribution in [3.8, 4) is 5.75 Å². The van der Waals surface area contributed by atoms with E-state index in [0.29, 0.717) is 19.4 Å². The highest BCUT2D eigenvalue weighted by Crippen LogP contribution is 2.48. The van der Waals surface area contributed by atoms with E-state index in [-0.39, 0.29) is 29.4 Å². The Bertz CT molecular complexity index is 1060. The van der Waals surface area contributed by atoms with Crippen LogP contribution in [-0.2, 0) is 9.59 Å². The second kappa shape index (κ2) is 8.18. The minimum Gasteiger partial charge on any atom is -0.490 e. The van der Waals surface area contributed by atoms with Crippen LogP contribution in [0.25, 0.3) is 0 Å². The molecule has 2 aromatic rings. The lowest BCUT2D eigenvalue weighted by Gasteiger charge is -2.43. The van der Waals surface area contributed by atoms with E-state index in [0.717, 1.165) is 33.8 Å². The lowest BCUT2D eigenvalue weighted by molar-refractivity contribution is -0.121. The van der Waals surface area contributed by atoms with E-state index in [1.165, 1.54) is 0 Å². The van der Waals surface area contributed by atoms with Gasteiger partial charge in [-0.15, -0.1) is 0 Å². The average Bonchev–Trinajstić information content (AvgIpc) is 2.72. The van der Waals surface area contributed by atoms with Gasteiger partial charge in [-0.2, -0.15) is 0 Å². The number of nitrogens with zero attached hydrogens (tertiary/aromatic N) is 1. The summed E-state index contributed by atoms with van der Waals surface area (Å²) in [6.45, 7) is 10.3. The van der Waals surface area contributed by atoms with E-state index in [9.17, 15) is 9.59 Å². The number of carbonyl (C=O) groups is 2. The molecule has 1 amide bonds. The minimum absolute atomic E-state index is 0.0375. The van der Waals surface area contributed by atoms with Gasteiger partial charge in [-0.1, -0.05) is 56.8 Å². The van der Waals surface area contributed by atoms with Crippen molar-refractivity contribution in [3.63, 3.8) is 0 Å². The molecular formula is C27H29NO3. The molecule has 0 saturated heterocycles. The Hall–Kier alpha value is -3.14. The van der Waals surface area contributed by atoms with Gasteiger partial charge >= 0.3 is 0 Å². The maximum absolute atomic E-state index is 13.5. The number of anilines is 1. The van der Waals surface area contributed by atoms with Crippen LogP contribution in [0, 0.1) is 12.3 Å². The Morgan fingerprint density at radius 1 is 1.10 bits per heavy atom. The van der Waals surface area contributed by atoms with E-state index in [1.807, 2.05) is 60.4 Å². The Labute approximate surface area is 184 Å². The first-order valence-electron chi connectivity index (χ1n) is 10.8. The second-order valence-electron chi connectivity index (χ2n) is 9.24. The standard InChI is InChI=1S/C27H29NO3/c1-5-14-31-20-12-10-19(11-13-20)21-15-25(30)28(22-9-7-6-8-18(22)2)23-16-27(3,4)17-24(29)26(21)23/h5-13,21H,1,14-17H2,2-4H3. The molecule has 0 aromatic heterocycles. The quantitative estimate of drug-likeness (QED) is 0.587. The molecule has 1 atom stereocenters. The first kappa shape index (κ1) is 21.1. The molecule has 160 valence electrons. The van der Waals surface area contributed by atoms with Crippen LogP contribution < -0.4 is 9.64 Å². The average molecular weight is 416 g/mol. The van der Waals surface area contributed by atoms with Gasteiger partial charge in [0.15, 0.2) is 5.78 Å². The van der Waals surface area contributed by atoms with Gasteiger partial charge in [0.1, 0.15) is 12.4 Å². The number of rotatable bonds is 5. The zero-order chi connectivity index (χ0) is 22.2. The normalized spacial score (nSPS) is 20.5. The lowest BCUT2D eigenvalue weighted by Crippen LogP contribution is -2.44. The van der Waals surface area contributed by atoms with Gasteiger partial charge in [0, 0.05) is 30.0 Å². The lowest BCUT2D eigenvalue weighted by atomic mass is 9.69. The summed E-state index contributed by atoms with van der Waals surface area (Å²) in [5.41, 5.74) is 4.36. The molecule has 1 unspecified atom stereocenters. The molecule has 4 rings (SSSR count). The number of hydrogen-bond donors (Lipinski definition) is 0. The fourth-order valence-electron chi connectivity index (χ4n) is 4.75. The predicted octanol–water partition coefficient (Wildman–Crippen LogP) is 5.72. The number of aryl methyl sites for hydroxylation is 1. The van der Waals surface area contributed by atoms with Crippen molar-refractivity contribution in [1.82, 2.24) is 0 Å². The first-order valence-corrected chi connectivity index (χ1v) is 10.8. The molecule has 0 bridgehead atoms. The highest BCUT2D eigenvalue weighted by Gasteiger charge is 2.44. The van der Waals surface area contributed by atoms with Gasteiger partial charge in [0.2, 0.25) is 5.91 Å². The fraction of sp³-hybridized carbons (Fsp3) is 0.333. The van der Waals surface area contributed by atoms with Crippen molar-refractivity contribution in [2.24, 2.45) is 5.41 Å². The Morgan fingerprint density at radius 2 is 1.81 bits per heavy atom. The molecule has 1 heterocycles. The van der Waals surface area contributed by atoms with Crippen LogP contribution in [0.5, 0.6) is 5.75 Å². The number of ketones is 1. The number of allylic oxidation sites excluding steroid dienone is 2. The summed E-state index contributed by atoms with van der Waals surface area (Å²) in [7, 11) is 0. The zero-order valence-electron chi connectivity index (χ0n) is 18.5. The molecule has 0 fully saturated rings. The molecule has 0 N–H and O–H groups in total. The molecule has 0 saturated carbocycles. The third-order valence-corrected chi connectivity index (χ3v) is 6.15. The van der Waals surface area contributed by atoms with Crippen molar-refractivity contribution in [2.45, 2.75) is 46.0 Å². The molecule has 2 aliphatic rings. The van der Waals surface area contributed by atoms with Crippen LogP contribution in [0.4, 0.5) is 5.69 Å². The number of amides is 1. The molecule has 0 radical (unpaired) electrons. The van der Waals surface area contributed by atoms with Gasteiger partial charge in [0.25, 0.3) is 0 Å². The van der Waals surface area contributed by atoms with E-state index in [1.54, 1.807) is 6.08 Å². The summed E-state index contributed by atoms with van der Waals surface area (Å²) in [6, 6.07) is 15.6. The first-order chi connectivity index (χ1) is 14.8. The van der Waals surface area contributed by atoms with Crippen molar-refractivity contribution >= 4 is 17.4 Å². The fourth-order valence-corrected chi connectivity index (χ4v) is 4.75. The maximum atomic E-state index is 13.5. The molecule has 1 aliphatic carbocycles.